The lowest BCUT2D eigenvalue weighted by molar-refractivity contribution is 0.0343. The third-order valence-electron chi connectivity index (χ3n) is 3.06. The second-order valence-electron chi connectivity index (χ2n) is 4.53. The number of oxime groups is 1. The third kappa shape index (κ3) is 2.53. The zero-order chi connectivity index (χ0) is 13.1. The maximum absolute atomic E-state index is 8.58. The molecule has 0 saturated carbocycles. The number of anilines is 1. The van der Waals surface area contributed by atoms with Crippen LogP contribution in [0, 0.1) is 0 Å². The van der Waals surface area contributed by atoms with Crippen LogP contribution in [0.5, 0.6) is 0 Å². The molecule has 2 heterocycles. The average Bonchev–Trinajstić information content (AvgIpc) is 2.41. The highest BCUT2D eigenvalue weighted by atomic mass is 16.5. The van der Waals surface area contributed by atoms with Gasteiger partial charge >= 0.3 is 0 Å². The number of aromatic nitrogens is 1. The number of hydrogen-bond donors (Lipinski definition) is 2. The van der Waals surface area contributed by atoms with Crippen LogP contribution >= 0.6 is 0 Å². The topological polar surface area (TPSA) is 84.0 Å². The van der Waals surface area contributed by atoms with Crippen LogP contribution < -0.4 is 10.6 Å². The van der Waals surface area contributed by atoms with Crippen molar-refractivity contribution in [3.8, 4) is 0 Å². The van der Waals surface area contributed by atoms with Crippen LogP contribution in [0.4, 0.5) is 5.69 Å². The molecule has 0 bridgehead atoms. The molecule has 98 valence electrons. The first-order valence-electron chi connectivity index (χ1n) is 5.94. The van der Waals surface area contributed by atoms with E-state index in [1.165, 1.54) is 0 Å². The van der Waals surface area contributed by atoms with Gasteiger partial charge in [0.25, 0.3) is 0 Å². The Bertz CT molecular complexity index is 432. The molecule has 2 atom stereocenters. The number of nitrogens with zero attached hydrogens (tertiary/aromatic N) is 3. The lowest BCUT2D eigenvalue weighted by atomic mass is 10.2. The predicted octanol–water partition coefficient (Wildman–Crippen LogP) is 0.790. The van der Waals surface area contributed by atoms with Crippen LogP contribution in [-0.2, 0) is 4.74 Å². The van der Waals surface area contributed by atoms with Crippen LogP contribution in [0.25, 0.3) is 0 Å². The van der Waals surface area contributed by atoms with Crippen molar-refractivity contribution in [2.45, 2.75) is 26.0 Å². The van der Waals surface area contributed by atoms with Gasteiger partial charge in [0.1, 0.15) is 5.69 Å². The molecule has 1 fully saturated rings. The highest BCUT2D eigenvalue weighted by Gasteiger charge is 2.23. The highest BCUT2D eigenvalue weighted by molar-refractivity contribution is 5.95. The van der Waals surface area contributed by atoms with Gasteiger partial charge in [-0.3, -0.25) is 4.98 Å². The largest absolute Gasteiger partial charge is 0.409 e. The SMILES string of the molecule is CC1CN(c2ccc(/C(N)=N/O)nc2)C(C)CO1. The van der Waals surface area contributed by atoms with Crippen LogP contribution in [0.3, 0.4) is 0 Å². The zero-order valence-electron chi connectivity index (χ0n) is 10.6. The van der Waals surface area contributed by atoms with Gasteiger partial charge < -0.3 is 20.6 Å². The van der Waals surface area contributed by atoms with Crippen molar-refractivity contribution in [1.82, 2.24) is 4.98 Å². The van der Waals surface area contributed by atoms with Crippen molar-refractivity contribution in [2.24, 2.45) is 10.9 Å². The van der Waals surface area contributed by atoms with E-state index in [-0.39, 0.29) is 11.9 Å². The monoisotopic (exact) mass is 250 g/mol. The predicted molar refractivity (Wildman–Crippen MR) is 69.0 cm³/mol. The Morgan fingerprint density at radius 1 is 1.56 bits per heavy atom. The molecule has 1 aliphatic heterocycles. The molecule has 0 radical (unpaired) electrons. The minimum absolute atomic E-state index is 0.0185. The van der Waals surface area contributed by atoms with Crippen LogP contribution in [0.2, 0.25) is 0 Å². The van der Waals surface area contributed by atoms with Crippen LogP contribution in [-0.4, -0.2) is 41.3 Å². The molecule has 2 unspecified atom stereocenters. The molecule has 1 aromatic heterocycles. The molecule has 0 amide bonds. The molecule has 1 saturated heterocycles. The maximum Gasteiger partial charge on any atom is 0.188 e. The first-order chi connectivity index (χ1) is 8.61. The number of morpholine rings is 1. The molecule has 3 N–H and O–H groups in total. The Balaban J connectivity index is 2.18. The summed E-state index contributed by atoms with van der Waals surface area (Å²) in [7, 11) is 0. The summed E-state index contributed by atoms with van der Waals surface area (Å²) in [4.78, 5) is 6.43. The second kappa shape index (κ2) is 5.22. The van der Waals surface area contributed by atoms with Gasteiger partial charge in [-0.15, -0.1) is 0 Å². The maximum atomic E-state index is 8.58. The zero-order valence-corrected chi connectivity index (χ0v) is 10.6. The summed E-state index contributed by atoms with van der Waals surface area (Å²) in [5.41, 5.74) is 6.96. The Kier molecular flexibility index (Phi) is 3.66. The summed E-state index contributed by atoms with van der Waals surface area (Å²) < 4.78 is 5.59. The van der Waals surface area contributed by atoms with Crippen molar-refractivity contribution >= 4 is 11.5 Å². The van der Waals surface area contributed by atoms with Gasteiger partial charge in [0.05, 0.1) is 24.6 Å². The lowest BCUT2D eigenvalue weighted by Gasteiger charge is -2.38. The smallest absolute Gasteiger partial charge is 0.188 e. The molecule has 1 aliphatic rings. The van der Waals surface area contributed by atoms with Crippen molar-refractivity contribution in [1.29, 1.82) is 0 Å². The van der Waals surface area contributed by atoms with Crippen molar-refractivity contribution in [2.75, 3.05) is 18.1 Å². The fourth-order valence-corrected chi connectivity index (χ4v) is 2.02. The first-order valence-corrected chi connectivity index (χ1v) is 5.94. The molecule has 0 aromatic carbocycles. The number of nitrogens with two attached hydrogens (primary N) is 1. The summed E-state index contributed by atoms with van der Waals surface area (Å²) in [6, 6.07) is 3.99. The van der Waals surface area contributed by atoms with E-state index in [4.69, 9.17) is 15.7 Å². The van der Waals surface area contributed by atoms with E-state index in [0.29, 0.717) is 18.3 Å². The second-order valence-corrected chi connectivity index (χ2v) is 4.53. The van der Waals surface area contributed by atoms with Crippen molar-refractivity contribution in [3.05, 3.63) is 24.0 Å². The lowest BCUT2D eigenvalue weighted by Crippen LogP contribution is -2.47. The van der Waals surface area contributed by atoms with E-state index in [9.17, 15) is 0 Å². The summed E-state index contributed by atoms with van der Waals surface area (Å²) in [6.07, 6.45) is 1.95. The fourth-order valence-electron chi connectivity index (χ4n) is 2.02. The normalized spacial score (nSPS) is 25.2. The fraction of sp³-hybridized carbons (Fsp3) is 0.500. The van der Waals surface area contributed by atoms with E-state index < -0.39 is 0 Å². The average molecular weight is 250 g/mol. The molecular weight excluding hydrogens is 232 g/mol. The number of amidine groups is 1. The minimum Gasteiger partial charge on any atom is -0.409 e. The van der Waals surface area contributed by atoms with Gasteiger partial charge in [0.2, 0.25) is 0 Å². The van der Waals surface area contributed by atoms with Crippen molar-refractivity contribution < 1.29 is 9.94 Å². The number of pyridine rings is 1. The first kappa shape index (κ1) is 12.6. The van der Waals surface area contributed by atoms with Gasteiger partial charge in [-0.1, -0.05) is 5.16 Å². The third-order valence-corrected chi connectivity index (χ3v) is 3.06. The molecule has 6 nitrogen and oxygen atoms in total. The molecule has 6 heteroatoms. The highest BCUT2D eigenvalue weighted by Crippen LogP contribution is 2.20. The molecule has 0 spiro atoms. The van der Waals surface area contributed by atoms with E-state index in [1.807, 2.05) is 6.07 Å². The van der Waals surface area contributed by atoms with E-state index in [2.05, 4.69) is 28.9 Å². The van der Waals surface area contributed by atoms with Crippen LogP contribution in [0.15, 0.2) is 23.5 Å². The van der Waals surface area contributed by atoms with E-state index in [0.717, 1.165) is 12.2 Å². The van der Waals surface area contributed by atoms with E-state index >= 15 is 0 Å². The number of ether oxygens (including phenoxy) is 1. The summed E-state index contributed by atoms with van der Waals surface area (Å²) in [5.74, 6) is 0.0185. The quantitative estimate of drug-likeness (QED) is 0.351. The molecule has 18 heavy (non-hydrogen) atoms. The van der Waals surface area contributed by atoms with Gasteiger partial charge in [-0.2, -0.15) is 0 Å². The molecule has 0 aliphatic carbocycles. The summed E-state index contributed by atoms with van der Waals surface area (Å²) in [5, 5.41) is 11.5. The number of rotatable bonds is 2. The Hall–Kier alpha value is -1.82. The van der Waals surface area contributed by atoms with E-state index in [1.54, 1.807) is 12.3 Å². The van der Waals surface area contributed by atoms with Crippen LogP contribution in [0.1, 0.15) is 19.5 Å². The minimum atomic E-state index is 0.0185. The van der Waals surface area contributed by atoms with Crippen molar-refractivity contribution in [3.63, 3.8) is 0 Å². The Morgan fingerprint density at radius 3 is 2.94 bits per heavy atom. The number of hydrogen-bond acceptors (Lipinski definition) is 5. The Labute approximate surface area is 106 Å². The van der Waals surface area contributed by atoms with Gasteiger partial charge in [-0.05, 0) is 26.0 Å². The molecular formula is C12H18N4O2. The van der Waals surface area contributed by atoms with Gasteiger partial charge in [-0.25, -0.2) is 0 Å². The van der Waals surface area contributed by atoms with Gasteiger partial charge in [0.15, 0.2) is 5.84 Å². The summed E-state index contributed by atoms with van der Waals surface area (Å²) in [6.45, 7) is 5.72. The Morgan fingerprint density at radius 2 is 2.33 bits per heavy atom. The summed E-state index contributed by atoms with van der Waals surface area (Å²) >= 11 is 0. The molecule has 2 rings (SSSR count). The molecule has 1 aromatic rings. The van der Waals surface area contributed by atoms with Gasteiger partial charge in [0, 0.05) is 12.6 Å². The standard InChI is InChI=1S/C12H18N4O2/c1-8-7-18-9(2)6-16(8)10-3-4-11(14-5-10)12(13)15-17/h3-5,8-9,17H,6-7H2,1-2H3,(H2,13,15).